The van der Waals surface area contributed by atoms with Crippen molar-refractivity contribution in [3.8, 4) is 0 Å². The standard InChI is InChI=1S/C20H31N3O3/c1-15(2)18(21)19(24)22(3)12-17-10-7-11-23(13-17)20(25)26-14-16-8-5-4-6-9-16/h4-6,8-9,15,17-18H,7,10-14,21H2,1-3H3. The topological polar surface area (TPSA) is 75.9 Å². The molecule has 1 aromatic carbocycles. The van der Waals surface area contributed by atoms with Crippen LogP contribution in [0.2, 0.25) is 0 Å². The molecule has 2 rings (SSSR count). The van der Waals surface area contributed by atoms with E-state index in [4.69, 9.17) is 10.5 Å². The molecule has 2 unspecified atom stereocenters. The van der Waals surface area contributed by atoms with Crippen LogP contribution in [-0.2, 0) is 16.1 Å². The smallest absolute Gasteiger partial charge is 0.410 e. The van der Waals surface area contributed by atoms with E-state index in [0.29, 0.717) is 19.6 Å². The van der Waals surface area contributed by atoms with E-state index < -0.39 is 6.04 Å². The molecule has 144 valence electrons. The molecule has 2 N–H and O–H groups in total. The molecule has 1 fully saturated rings. The van der Waals surface area contributed by atoms with Crippen LogP contribution in [0.4, 0.5) is 4.79 Å². The fourth-order valence-corrected chi connectivity index (χ4v) is 3.21. The number of nitrogens with two attached hydrogens (primary N) is 1. The first-order valence-corrected chi connectivity index (χ1v) is 9.34. The third kappa shape index (κ3) is 5.73. The molecule has 0 bridgehead atoms. The summed E-state index contributed by atoms with van der Waals surface area (Å²) in [5, 5.41) is 0. The molecule has 26 heavy (non-hydrogen) atoms. The lowest BCUT2D eigenvalue weighted by atomic mass is 9.97. The zero-order valence-corrected chi connectivity index (χ0v) is 16.1. The third-order valence-electron chi connectivity index (χ3n) is 4.89. The molecule has 1 saturated heterocycles. The van der Waals surface area contributed by atoms with Crippen molar-refractivity contribution in [3.05, 3.63) is 35.9 Å². The summed E-state index contributed by atoms with van der Waals surface area (Å²) in [6.45, 7) is 6.10. The van der Waals surface area contributed by atoms with E-state index in [1.165, 1.54) is 0 Å². The van der Waals surface area contributed by atoms with E-state index in [2.05, 4.69) is 0 Å². The maximum absolute atomic E-state index is 12.3. The van der Waals surface area contributed by atoms with Crippen molar-refractivity contribution in [3.63, 3.8) is 0 Å². The number of carbonyl (C=O) groups excluding carboxylic acids is 2. The van der Waals surface area contributed by atoms with Crippen LogP contribution in [0.25, 0.3) is 0 Å². The number of hydrogen-bond donors (Lipinski definition) is 1. The Hall–Kier alpha value is -2.08. The Labute approximate surface area is 156 Å². The minimum atomic E-state index is -0.476. The molecule has 6 heteroatoms. The summed E-state index contributed by atoms with van der Waals surface area (Å²) in [5.74, 6) is 0.325. The highest BCUT2D eigenvalue weighted by Gasteiger charge is 2.28. The number of likely N-dealkylation sites (N-methyl/N-ethyl adjacent to an activating group) is 1. The maximum Gasteiger partial charge on any atom is 0.410 e. The van der Waals surface area contributed by atoms with Crippen molar-refractivity contribution in [2.45, 2.75) is 39.3 Å². The fourth-order valence-electron chi connectivity index (χ4n) is 3.21. The van der Waals surface area contributed by atoms with Gasteiger partial charge >= 0.3 is 6.09 Å². The van der Waals surface area contributed by atoms with Crippen LogP contribution in [0.1, 0.15) is 32.3 Å². The van der Waals surface area contributed by atoms with Gasteiger partial charge in [0.05, 0.1) is 6.04 Å². The Kier molecular flexibility index (Phi) is 7.45. The summed E-state index contributed by atoms with van der Waals surface area (Å²) >= 11 is 0. The van der Waals surface area contributed by atoms with E-state index in [1.807, 2.05) is 44.2 Å². The van der Waals surface area contributed by atoms with Crippen LogP contribution in [0.15, 0.2) is 30.3 Å². The minimum Gasteiger partial charge on any atom is -0.445 e. The van der Waals surface area contributed by atoms with Gasteiger partial charge in [-0.25, -0.2) is 4.79 Å². The van der Waals surface area contributed by atoms with Crippen molar-refractivity contribution < 1.29 is 14.3 Å². The van der Waals surface area contributed by atoms with Crippen LogP contribution in [0.5, 0.6) is 0 Å². The molecule has 1 aliphatic rings. The minimum absolute atomic E-state index is 0.0382. The number of piperidine rings is 1. The largest absolute Gasteiger partial charge is 0.445 e. The Morgan fingerprint density at radius 1 is 1.31 bits per heavy atom. The zero-order valence-electron chi connectivity index (χ0n) is 16.1. The number of rotatable bonds is 6. The van der Waals surface area contributed by atoms with E-state index in [9.17, 15) is 9.59 Å². The van der Waals surface area contributed by atoms with Crippen LogP contribution in [0, 0.1) is 11.8 Å². The average Bonchev–Trinajstić information content (AvgIpc) is 2.65. The first-order chi connectivity index (χ1) is 12.4. The predicted octanol–water partition coefficient (Wildman–Crippen LogP) is 2.48. The van der Waals surface area contributed by atoms with E-state index in [1.54, 1.807) is 16.8 Å². The molecular weight excluding hydrogens is 330 g/mol. The fraction of sp³-hybridized carbons (Fsp3) is 0.600. The molecule has 0 aliphatic carbocycles. The summed E-state index contributed by atoms with van der Waals surface area (Å²) in [7, 11) is 1.79. The summed E-state index contributed by atoms with van der Waals surface area (Å²) in [5.41, 5.74) is 6.94. The Morgan fingerprint density at radius 3 is 2.65 bits per heavy atom. The predicted molar refractivity (Wildman–Crippen MR) is 101 cm³/mol. The average molecular weight is 361 g/mol. The molecule has 0 spiro atoms. The summed E-state index contributed by atoms with van der Waals surface area (Å²) in [6.07, 6.45) is 1.63. The Bertz CT molecular complexity index is 591. The molecule has 6 nitrogen and oxygen atoms in total. The highest BCUT2D eigenvalue weighted by Crippen LogP contribution is 2.19. The molecule has 2 amide bonds. The van der Waals surface area contributed by atoms with E-state index in [-0.39, 0.29) is 30.4 Å². The number of amides is 2. The van der Waals surface area contributed by atoms with Gasteiger partial charge < -0.3 is 20.3 Å². The molecular formula is C20H31N3O3. The lowest BCUT2D eigenvalue weighted by Gasteiger charge is -2.35. The van der Waals surface area contributed by atoms with Crippen molar-refractivity contribution in [1.29, 1.82) is 0 Å². The van der Waals surface area contributed by atoms with Gasteiger partial charge in [0.1, 0.15) is 6.61 Å². The van der Waals surface area contributed by atoms with Crippen LogP contribution < -0.4 is 5.73 Å². The highest BCUT2D eigenvalue weighted by atomic mass is 16.6. The van der Waals surface area contributed by atoms with E-state index >= 15 is 0 Å². The Morgan fingerprint density at radius 2 is 2.00 bits per heavy atom. The van der Waals surface area contributed by atoms with Crippen LogP contribution in [0.3, 0.4) is 0 Å². The highest BCUT2D eigenvalue weighted by molar-refractivity contribution is 5.81. The van der Waals surface area contributed by atoms with Gasteiger partial charge in [0, 0.05) is 26.7 Å². The van der Waals surface area contributed by atoms with Crippen molar-refractivity contribution in [2.24, 2.45) is 17.6 Å². The van der Waals surface area contributed by atoms with Gasteiger partial charge in [-0.15, -0.1) is 0 Å². The van der Waals surface area contributed by atoms with Crippen LogP contribution in [-0.4, -0.2) is 54.5 Å². The number of benzene rings is 1. The molecule has 1 heterocycles. The monoisotopic (exact) mass is 361 g/mol. The number of hydrogen-bond acceptors (Lipinski definition) is 4. The van der Waals surface area contributed by atoms with Gasteiger partial charge in [-0.2, -0.15) is 0 Å². The summed E-state index contributed by atoms with van der Waals surface area (Å²) < 4.78 is 5.42. The SMILES string of the molecule is CC(C)C(N)C(=O)N(C)CC1CCCN(C(=O)OCc2ccccc2)C1. The normalized spacial score (nSPS) is 18.5. The van der Waals surface area contributed by atoms with Gasteiger partial charge in [0.2, 0.25) is 5.91 Å². The zero-order chi connectivity index (χ0) is 19.1. The molecule has 0 radical (unpaired) electrons. The van der Waals surface area contributed by atoms with Gasteiger partial charge in [-0.05, 0) is 30.2 Å². The molecule has 0 saturated carbocycles. The first kappa shape index (κ1) is 20.2. The van der Waals surface area contributed by atoms with E-state index in [0.717, 1.165) is 18.4 Å². The second-order valence-corrected chi connectivity index (χ2v) is 7.48. The molecule has 0 aromatic heterocycles. The molecule has 2 atom stereocenters. The van der Waals surface area contributed by atoms with Gasteiger partial charge in [-0.3, -0.25) is 4.79 Å². The lowest BCUT2D eigenvalue weighted by Crippen LogP contribution is -2.49. The van der Waals surface area contributed by atoms with Crippen molar-refractivity contribution in [2.75, 3.05) is 26.7 Å². The van der Waals surface area contributed by atoms with Crippen molar-refractivity contribution in [1.82, 2.24) is 9.80 Å². The van der Waals surface area contributed by atoms with Gasteiger partial charge in [-0.1, -0.05) is 44.2 Å². The number of carbonyl (C=O) groups is 2. The Balaban J connectivity index is 1.82. The molecule has 1 aliphatic heterocycles. The third-order valence-corrected chi connectivity index (χ3v) is 4.89. The number of likely N-dealkylation sites (tertiary alicyclic amines) is 1. The van der Waals surface area contributed by atoms with Gasteiger partial charge in [0.25, 0.3) is 0 Å². The van der Waals surface area contributed by atoms with Crippen molar-refractivity contribution >= 4 is 12.0 Å². The number of ether oxygens (including phenoxy) is 1. The lowest BCUT2D eigenvalue weighted by molar-refractivity contribution is -0.133. The quantitative estimate of drug-likeness (QED) is 0.844. The second-order valence-electron chi connectivity index (χ2n) is 7.48. The molecule has 1 aromatic rings. The maximum atomic E-state index is 12.3. The summed E-state index contributed by atoms with van der Waals surface area (Å²) in [6, 6.07) is 9.18. The van der Waals surface area contributed by atoms with Crippen LogP contribution >= 0.6 is 0 Å². The number of nitrogens with zero attached hydrogens (tertiary/aromatic N) is 2. The summed E-state index contributed by atoms with van der Waals surface area (Å²) in [4.78, 5) is 28.1. The first-order valence-electron chi connectivity index (χ1n) is 9.34. The van der Waals surface area contributed by atoms with Gasteiger partial charge in [0.15, 0.2) is 0 Å². The second kappa shape index (κ2) is 9.57.